The van der Waals surface area contributed by atoms with Crippen molar-refractivity contribution in [3.8, 4) is 5.75 Å². The average molecular weight is 437 g/mol. The van der Waals surface area contributed by atoms with Gasteiger partial charge in [0, 0.05) is 23.8 Å². The summed E-state index contributed by atoms with van der Waals surface area (Å²) in [4.78, 5) is 13.0. The van der Waals surface area contributed by atoms with Gasteiger partial charge in [-0.2, -0.15) is 4.31 Å². The van der Waals surface area contributed by atoms with Gasteiger partial charge in [0.05, 0.1) is 17.4 Å². The molecule has 2 aromatic carbocycles. The van der Waals surface area contributed by atoms with Crippen molar-refractivity contribution < 1.29 is 17.9 Å². The zero-order valence-electron chi connectivity index (χ0n) is 16.5. The second-order valence-corrected chi connectivity index (χ2v) is 9.35. The second-order valence-electron chi connectivity index (χ2n) is 7.01. The van der Waals surface area contributed by atoms with Gasteiger partial charge in [0.15, 0.2) is 0 Å². The van der Waals surface area contributed by atoms with Crippen molar-refractivity contribution in [1.29, 1.82) is 0 Å². The van der Waals surface area contributed by atoms with Crippen molar-refractivity contribution in [1.82, 2.24) is 4.31 Å². The summed E-state index contributed by atoms with van der Waals surface area (Å²) in [6.45, 7) is 4.77. The first-order valence-electron chi connectivity index (χ1n) is 9.62. The van der Waals surface area contributed by atoms with Gasteiger partial charge in [-0.3, -0.25) is 4.79 Å². The molecule has 1 aliphatic rings. The van der Waals surface area contributed by atoms with Crippen molar-refractivity contribution in [2.75, 3.05) is 25.0 Å². The van der Waals surface area contributed by atoms with Crippen LogP contribution in [0, 0.1) is 12.8 Å². The molecular formula is C21H25ClN2O4S. The van der Waals surface area contributed by atoms with Gasteiger partial charge in [-0.1, -0.05) is 17.7 Å². The zero-order chi connectivity index (χ0) is 21.0. The fraction of sp³-hybridized carbons (Fsp3) is 0.381. The van der Waals surface area contributed by atoms with Crippen LogP contribution >= 0.6 is 11.6 Å². The van der Waals surface area contributed by atoms with E-state index in [0.717, 1.165) is 5.56 Å². The van der Waals surface area contributed by atoms with E-state index < -0.39 is 15.9 Å². The molecular weight excluding hydrogens is 412 g/mol. The molecule has 8 heteroatoms. The van der Waals surface area contributed by atoms with E-state index in [1.807, 2.05) is 13.8 Å². The number of carbonyl (C=O) groups is 1. The van der Waals surface area contributed by atoms with Crippen LogP contribution in [0.4, 0.5) is 5.69 Å². The van der Waals surface area contributed by atoms with Gasteiger partial charge in [0.2, 0.25) is 15.9 Å². The predicted octanol–water partition coefficient (Wildman–Crippen LogP) is 4.09. The van der Waals surface area contributed by atoms with Gasteiger partial charge in [0.25, 0.3) is 0 Å². The van der Waals surface area contributed by atoms with E-state index in [0.29, 0.717) is 42.5 Å². The van der Waals surface area contributed by atoms with E-state index in [1.54, 1.807) is 42.5 Å². The van der Waals surface area contributed by atoms with Gasteiger partial charge in [-0.15, -0.1) is 0 Å². The lowest BCUT2D eigenvalue weighted by Crippen LogP contribution is -2.43. The van der Waals surface area contributed by atoms with Gasteiger partial charge < -0.3 is 10.1 Å². The maximum Gasteiger partial charge on any atom is 0.243 e. The molecule has 156 valence electrons. The Bertz CT molecular complexity index is 977. The van der Waals surface area contributed by atoms with Crippen molar-refractivity contribution in [3.63, 3.8) is 0 Å². The molecule has 0 spiro atoms. The quantitative estimate of drug-likeness (QED) is 0.740. The van der Waals surface area contributed by atoms with Crippen LogP contribution in [0.15, 0.2) is 47.4 Å². The molecule has 1 amide bonds. The summed E-state index contributed by atoms with van der Waals surface area (Å²) in [5.74, 6) is 0.0146. The smallest absolute Gasteiger partial charge is 0.243 e. The zero-order valence-corrected chi connectivity index (χ0v) is 18.1. The summed E-state index contributed by atoms with van der Waals surface area (Å²) >= 11 is 6.12. The van der Waals surface area contributed by atoms with Crippen molar-refractivity contribution >= 4 is 33.2 Å². The van der Waals surface area contributed by atoms with E-state index in [-0.39, 0.29) is 17.3 Å². The third-order valence-corrected chi connectivity index (χ3v) is 7.34. The first-order chi connectivity index (χ1) is 13.8. The van der Waals surface area contributed by atoms with Gasteiger partial charge in [0.1, 0.15) is 5.75 Å². The summed E-state index contributed by atoms with van der Waals surface area (Å²) in [5, 5.41) is 3.47. The molecule has 0 aliphatic carbocycles. The molecule has 0 bridgehead atoms. The summed E-state index contributed by atoms with van der Waals surface area (Å²) in [7, 11) is -3.67. The summed E-state index contributed by atoms with van der Waals surface area (Å²) in [5.41, 5.74) is 1.44. The average Bonchev–Trinajstić information content (AvgIpc) is 2.72. The van der Waals surface area contributed by atoms with Crippen LogP contribution < -0.4 is 10.1 Å². The number of anilines is 1. The normalized spacial score (nSPS) is 17.7. The standard InChI is InChI=1S/C21H25ClN2O4S/c1-3-28-17-9-11-18(12-10-17)29(26,27)24-13-5-6-16(14-24)21(25)23-20-8-4-7-19(22)15(20)2/h4,7-12,16H,3,5-6,13-14H2,1-2H3,(H,23,25)/t16-/m1/s1. The molecule has 1 aliphatic heterocycles. The lowest BCUT2D eigenvalue weighted by atomic mass is 9.98. The molecule has 1 N–H and O–H groups in total. The number of nitrogens with zero attached hydrogens (tertiary/aromatic N) is 1. The number of hydrogen-bond donors (Lipinski definition) is 1. The van der Waals surface area contributed by atoms with Crippen LogP contribution in [0.3, 0.4) is 0 Å². The maximum atomic E-state index is 13.0. The number of sulfonamides is 1. The Morgan fingerprint density at radius 2 is 1.97 bits per heavy atom. The SMILES string of the molecule is CCOc1ccc(S(=O)(=O)N2CCC[C@@H](C(=O)Nc3cccc(Cl)c3C)C2)cc1. The Labute approximate surface area is 176 Å². The number of carbonyl (C=O) groups excluding carboxylic acids is 1. The van der Waals surface area contributed by atoms with Crippen molar-refractivity contribution in [2.45, 2.75) is 31.6 Å². The third kappa shape index (κ3) is 4.91. The number of benzene rings is 2. The molecule has 0 unspecified atom stereocenters. The lowest BCUT2D eigenvalue weighted by Gasteiger charge is -2.31. The molecule has 29 heavy (non-hydrogen) atoms. The highest BCUT2D eigenvalue weighted by Crippen LogP contribution is 2.28. The number of amides is 1. The Hall–Kier alpha value is -2.09. The van der Waals surface area contributed by atoms with E-state index in [9.17, 15) is 13.2 Å². The minimum absolute atomic E-state index is 0.154. The predicted molar refractivity (Wildman–Crippen MR) is 114 cm³/mol. The maximum absolute atomic E-state index is 13.0. The molecule has 1 saturated heterocycles. The molecule has 3 rings (SSSR count). The number of piperidine rings is 1. The van der Waals surface area contributed by atoms with Crippen LogP contribution in [-0.4, -0.2) is 38.3 Å². The Morgan fingerprint density at radius 1 is 1.24 bits per heavy atom. The van der Waals surface area contributed by atoms with E-state index >= 15 is 0 Å². The first-order valence-corrected chi connectivity index (χ1v) is 11.4. The lowest BCUT2D eigenvalue weighted by molar-refractivity contribution is -0.120. The van der Waals surface area contributed by atoms with Crippen LogP contribution in [0.2, 0.25) is 5.02 Å². The highest BCUT2D eigenvalue weighted by molar-refractivity contribution is 7.89. The van der Waals surface area contributed by atoms with Crippen LogP contribution in [0.25, 0.3) is 0 Å². The third-order valence-electron chi connectivity index (χ3n) is 5.05. The molecule has 0 radical (unpaired) electrons. The van der Waals surface area contributed by atoms with E-state index in [4.69, 9.17) is 16.3 Å². The fourth-order valence-corrected chi connectivity index (χ4v) is 5.07. The number of hydrogen-bond acceptors (Lipinski definition) is 4. The highest BCUT2D eigenvalue weighted by Gasteiger charge is 2.33. The molecule has 1 fully saturated rings. The van der Waals surface area contributed by atoms with Crippen LogP contribution in [0.5, 0.6) is 5.75 Å². The fourth-order valence-electron chi connectivity index (χ4n) is 3.38. The molecule has 0 aromatic heterocycles. The van der Waals surface area contributed by atoms with E-state index in [2.05, 4.69) is 5.32 Å². The molecule has 0 saturated carbocycles. The summed E-state index contributed by atoms with van der Waals surface area (Å²) in [6.07, 6.45) is 1.27. The van der Waals surface area contributed by atoms with Gasteiger partial charge in [-0.05, 0) is 68.7 Å². The van der Waals surface area contributed by atoms with Gasteiger partial charge in [-0.25, -0.2) is 8.42 Å². The van der Waals surface area contributed by atoms with Crippen molar-refractivity contribution in [2.24, 2.45) is 5.92 Å². The number of ether oxygens (including phenoxy) is 1. The molecule has 2 aromatic rings. The number of halogens is 1. The number of rotatable bonds is 6. The summed E-state index contributed by atoms with van der Waals surface area (Å²) in [6, 6.07) is 11.7. The molecule has 1 heterocycles. The Kier molecular flexibility index (Phi) is 6.82. The largest absolute Gasteiger partial charge is 0.494 e. The molecule has 6 nitrogen and oxygen atoms in total. The van der Waals surface area contributed by atoms with Crippen LogP contribution in [-0.2, 0) is 14.8 Å². The van der Waals surface area contributed by atoms with Crippen molar-refractivity contribution in [3.05, 3.63) is 53.1 Å². The van der Waals surface area contributed by atoms with E-state index in [1.165, 1.54) is 4.31 Å². The minimum Gasteiger partial charge on any atom is -0.494 e. The summed E-state index contributed by atoms with van der Waals surface area (Å²) < 4.78 is 32.8. The highest BCUT2D eigenvalue weighted by atomic mass is 35.5. The first kappa shape index (κ1) is 21.6. The monoisotopic (exact) mass is 436 g/mol. The topological polar surface area (TPSA) is 75.7 Å². The number of nitrogens with one attached hydrogen (secondary N) is 1. The molecule has 1 atom stereocenters. The second kappa shape index (κ2) is 9.15. The minimum atomic E-state index is -3.67. The Morgan fingerprint density at radius 3 is 2.66 bits per heavy atom. The van der Waals surface area contributed by atoms with Crippen LogP contribution in [0.1, 0.15) is 25.3 Å². The Balaban J connectivity index is 1.72. The van der Waals surface area contributed by atoms with Gasteiger partial charge >= 0.3 is 0 Å².